The van der Waals surface area contributed by atoms with Crippen molar-refractivity contribution in [1.29, 1.82) is 5.26 Å². The molecule has 0 bridgehead atoms. The molecule has 184 valence electrons. The second-order valence-corrected chi connectivity index (χ2v) is 12.0. The van der Waals surface area contributed by atoms with Crippen LogP contribution in [0, 0.1) is 52.3 Å². The van der Waals surface area contributed by atoms with E-state index in [0.717, 1.165) is 55.6 Å². The number of hydrogen-bond acceptors (Lipinski definition) is 5. The summed E-state index contributed by atoms with van der Waals surface area (Å²) >= 11 is 0. The summed E-state index contributed by atoms with van der Waals surface area (Å²) in [5.41, 5.74) is 0.586. The second kappa shape index (κ2) is 9.36. The Morgan fingerprint density at radius 1 is 1.15 bits per heavy atom. The van der Waals surface area contributed by atoms with Crippen molar-refractivity contribution >= 4 is 5.78 Å². The van der Waals surface area contributed by atoms with Gasteiger partial charge < -0.3 is 9.84 Å². The first-order valence-corrected chi connectivity index (χ1v) is 13.6. The van der Waals surface area contributed by atoms with E-state index in [0.29, 0.717) is 42.9 Å². The number of fused-ring (bicyclic) bond motifs is 5. The van der Waals surface area contributed by atoms with E-state index in [1.54, 1.807) is 6.07 Å². The van der Waals surface area contributed by atoms with Gasteiger partial charge in [0.2, 0.25) is 0 Å². The van der Waals surface area contributed by atoms with E-state index in [9.17, 15) is 9.90 Å². The Morgan fingerprint density at radius 2 is 1.97 bits per heavy atom. The minimum absolute atomic E-state index is 0.0995. The lowest BCUT2D eigenvalue weighted by Gasteiger charge is -2.57. The molecule has 0 aliphatic heterocycles. The number of nitriles is 1. The summed E-state index contributed by atoms with van der Waals surface area (Å²) in [5.74, 6) is 3.93. The largest absolute Gasteiger partial charge is 0.387 e. The molecule has 34 heavy (non-hydrogen) atoms. The van der Waals surface area contributed by atoms with Crippen LogP contribution in [0.3, 0.4) is 0 Å². The number of hydrogen-bond donors (Lipinski definition) is 1. The summed E-state index contributed by atoms with van der Waals surface area (Å²) < 4.78 is 5.62. The molecule has 0 unspecified atom stereocenters. The van der Waals surface area contributed by atoms with Gasteiger partial charge in [0.1, 0.15) is 17.5 Å². The van der Waals surface area contributed by atoms with E-state index in [1.165, 1.54) is 25.7 Å². The molecule has 1 aromatic heterocycles. The highest BCUT2D eigenvalue weighted by molar-refractivity contribution is 5.84. The number of Topliss-reactive ketones (excluding diaryl/α,β-unsaturated/α-hetero) is 1. The van der Waals surface area contributed by atoms with Gasteiger partial charge in [-0.3, -0.25) is 4.79 Å². The third kappa shape index (κ3) is 4.22. The van der Waals surface area contributed by atoms with E-state index in [-0.39, 0.29) is 11.3 Å². The van der Waals surface area contributed by atoms with Crippen LogP contribution in [0.2, 0.25) is 0 Å². The SMILES string of the molecule is CCOC[C@@]1(O)CC[C@H]2[C@H](CC[C@@H]3[C@@H]2CC[C@]2(C)[C@@H](C(=O)Cc4cccc(C#N)n4)CC[C@@H]32)C1. The highest BCUT2D eigenvalue weighted by atomic mass is 16.5. The first-order chi connectivity index (χ1) is 16.4. The van der Waals surface area contributed by atoms with E-state index in [4.69, 9.17) is 10.00 Å². The molecule has 5 rings (SSSR count). The van der Waals surface area contributed by atoms with Crippen LogP contribution < -0.4 is 0 Å². The Balaban J connectivity index is 1.27. The first kappa shape index (κ1) is 23.9. The zero-order chi connectivity index (χ0) is 23.9. The smallest absolute Gasteiger partial charge is 0.142 e. The van der Waals surface area contributed by atoms with Gasteiger partial charge in [-0.05, 0) is 112 Å². The van der Waals surface area contributed by atoms with Crippen LogP contribution in [0.25, 0.3) is 0 Å². The summed E-state index contributed by atoms with van der Waals surface area (Å²) in [7, 11) is 0. The fraction of sp³-hybridized carbons (Fsp3) is 0.759. The maximum absolute atomic E-state index is 13.5. The number of carbonyl (C=O) groups is 1. The molecular formula is C29H40N2O3. The maximum atomic E-state index is 13.5. The van der Waals surface area contributed by atoms with Gasteiger partial charge >= 0.3 is 0 Å². The van der Waals surface area contributed by atoms with Gasteiger partial charge in [-0.25, -0.2) is 4.98 Å². The van der Waals surface area contributed by atoms with E-state index in [1.807, 2.05) is 19.1 Å². The predicted molar refractivity (Wildman–Crippen MR) is 130 cm³/mol. The van der Waals surface area contributed by atoms with Gasteiger partial charge in [-0.1, -0.05) is 13.0 Å². The normalized spacial score (nSPS) is 41.1. The van der Waals surface area contributed by atoms with E-state index >= 15 is 0 Å². The van der Waals surface area contributed by atoms with Crippen LogP contribution in [-0.2, 0) is 16.0 Å². The molecule has 4 fully saturated rings. The Bertz CT molecular complexity index is 957. The Labute approximate surface area is 204 Å². The lowest BCUT2D eigenvalue weighted by atomic mass is 9.49. The number of aromatic nitrogens is 1. The van der Waals surface area contributed by atoms with Crippen molar-refractivity contribution in [2.24, 2.45) is 40.9 Å². The molecule has 4 aliphatic rings. The highest BCUT2D eigenvalue weighted by Crippen LogP contribution is 2.64. The molecule has 0 aromatic carbocycles. The van der Waals surface area contributed by atoms with E-state index in [2.05, 4.69) is 18.0 Å². The van der Waals surface area contributed by atoms with Gasteiger partial charge in [0.05, 0.1) is 12.2 Å². The molecule has 4 saturated carbocycles. The number of nitrogens with zero attached hydrogens (tertiary/aromatic N) is 2. The summed E-state index contributed by atoms with van der Waals surface area (Å²) in [5, 5.41) is 20.2. The molecule has 5 heteroatoms. The summed E-state index contributed by atoms with van der Waals surface area (Å²) in [6, 6.07) is 7.49. The fourth-order valence-electron chi connectivity index (χ4n) is 8.86. The minimum atomic E-state index is -0.630. The lowest BCUT2D eigenvalue weighted by Crippen LogP contribution is -2.52. The average molecular weight is 465 g/mol. The molecule has 0 saturated heterocycles. The Kier molecular flexibility index (Phi) is 6.59. The molecular weight excluding hydrogens is 424 g/mol. The summed E-state index contributed by atoms with van der Waals surface area (Å²) in [6.07, 6.45) is 10.3. The molecule has 0 amide bonds. The molecule has 4 aliphatic carbocycles. The topological polar surface area (TPSA) is 83.2 Å². The molecule has 8 atom stereocenters. The molecule has 0 radical (unpaired) electrons. The van der Waals surface area contributed by atoms with Crippen LogP contribution >= 0.6 is 0 Å². The third-order valence-electron chi connectivity index (χ3n) is 10.3. The van der Waals surface area contributed by atoms with Crippen molar-refractivity contribution in [3.8, 4) is 6.07 Å². The van der Waals surface area contributed by atoms with Crippen molar-refractivity contribution in [3.05, 3.63) is 29.6 Å². The quantitative estimate of drug-likeness (QED) is 0.633. The van der Waals surface area contributed by atoms with Crippen molar-refractivity contribution in [1.82, 2.24) is 4.98 Å². The molecule has 5 nitrogen and oxygen atoms in total. The fourth-order valence-corrected chi connectivity index (χ4v) is 8.86. The van der Waals surface area contributed by atoms with Crippen molar-refractivity contribution in [3.63, 3.8) is 0 Å². The maximum Gasteiger partial charge on any atom is 0.142 e. The van der Waals surface area contributed by atoms with Gasteiger partial charge in [-0.2, -0.15) is 5.26 Å². The van der Waals surface area contributed by atoms with Crippen LogP contribution in [0.15, 0.2) is 18.2 Å². The van der Waals surface area contributed by atoms with Gasteiger partial charge in [0.15, 0.2) is 0 Å². The van der Waals surface area contributed by atoms with Gasteiger partial charge in [0, 0.05) is 24.6 Å². The number of carbonyl (C=O) groups excluding carboxylic acids is 1. The number of ketones is 1. The number of pyridine rings is 1. The van der Waals surface area contributed by atoms with Crippen molar-refractivity contribution in [2.45, 2.75) is 83.7 Å². The monoisotopic (exact) mass is 464 g/mol. The lowest BCUT2D eigenvalue weighted by molar-refractivity contribution is -0.137. The van der Waals surface area contributed by atoms with Crippen LogP contribution in [-0.4, -0.2) is 34.7 Å². The number of aliphatic hydroxyl groups is 1. The number of ether oxygens (including phenoxy) is 1. The van der Waals surface area contributed by atoms with Crippen molar-refractivity contribution in [2.75, 3.05) is 13.2 Å². The Hall–Kier alpha value is -1.77. The molecule has 1 N–H and O–H groups in total. The van der Waals surface area contributed by atoms with Crippen LogP contribution in [0.1, 0.15) is 83.0 Å². The molecule has 1 heterocycles. The first-order valence-electron chi connectivity index (χ1n) is 13.6. The van der Waals surface area contributed by atoms with Crippen LogP contribution in [0.4, 0.5) is 0 Å². The van der Waals surface area contributed by atoms with Crippen molar-refractivity contribution < 1.29 is 14.6 Å². The second-order valence-electron chi connectivity index (χ2n) is 12.0. The summed E-state index contributed by atoms with van der Waals surface area (Å²) in [6.45, 7) is 5.55. The average Bonchev–Trinajstić information content (AvgIpc) is 3.20. The zero-order valence-electron chi connectivity index (χ0n) is 20.8. The standard InChI is InChI=1S/C29H40N2O3/c1-3-34-18-29(33)14-12-22-19(16-29)7-8-24-23(22)11-13-28(2)25(24)9-10-26(28)27(32)15-20-5-4-6-21(17-30)31-20/h4-6,19,22-26,33H,3,7-16,18H2,1-2H3/t19-,22+,23-,24-,25+,26-,28+,29-/m1/s1. The summed E-state index contributed by atoms with van der Waals surface area (Å²) in [4.78, 5) is 17.8. The predicted octanol–water partition coefficient (Wildman–Crippen LogP) is 5.10. The molecule has 0 spiro atoms. The van der Waals surface area contributed by atoms with Crippen LogP contribution in [0.5, 0.6) is 0 Å². The third-order valence-corrected chi connectivity index (χ3v) is 10.3. The number of rotatable bonds is 6. The highest BCUT2D eigenvalue weighted by Gasteiger charge is 2.58. The Morgan fingerprint density at radius 3 is 2.76 bits per heavy atom. The van der Waals surface area contributed by atoms with Gasteiger partial charge in [0.25, 0.3) is 0 Å². The zero-order valence-corrected chi connectivity index (χ0v) is 20.8. The van der Waals surface area contributed by atoms with Gasteiger partial charge in [-0.15, -0.1) is 0 Å². The minimum Gasteiger partial charge on any atom is -0.387 e. The van der Waals surface area contributed by atoms with E-state index < -0.39 is 5.60 Å². The molecule has 1 aromatic rings.